The molecular weight excluding hydrogens is 270 g/mol. The third kappa shape index (κ3) is 4.70. The van der Waals surface area contributed by atoms with Crippen molar-refractivity contribution in [3.8, 4) is 5.75 Å². The number of esters is 1. The second-order valence-electron chi connectivity index (χ2n) is 4.77. The van der Waals surface area contributed by atoms with Gasteiger partial charge in [0, 0.05) is 5.38 Å². The number of aromatic hydroxyl groups is 1. The fourth-order valence-electron chi connectivity index (χ4n) is 1.29. The average Bonchev–Trinajstić information content (AvgIpc) is 2.58. The zero-order chi connectivity index (χ0) is 14.6. The lowest BCUT2D eigenvalue weighted by atomic mass is 10.2. The predicted molar refractivity (Wildman–Crippen MR) is 72.4 cm³/mol. The highest BCUT2D eigenvalue weighted by atomic mass is 32.1. The molecular formula is C12H19NO5S. The van der Waals surface area contributed by atoms with Gasteiger partial charge in [-0.25, -0.2) is 4.79 Å². The van der Waals surface area contributed by atoms with Crippen molar-refractivity contribution in [2.45, 2.75) is 39.7 Å². The molecule has 1 rings (SSSR count). The molecule has 0 radical (unpaired) electrons. The number of nitrogens with one attached hydrogen (secondary N) is 1. The fourth-order valence-corrected chi connectivity index (χ4v) is 2.09. The number of thiophene rings is 1. The standard InChI is InChI=1S/C12H19NO5S/c1-5-17-10(15)9-8(14)7(6-19-9)13-11(16)18-12(2,3)4/h6,11,13-14,16H,5H2,1-4H3. The minimum absolute atomic E-state index is 0.0901. The lowest BCUT2D eigenvalue weighted by Gasteiger charge is -2.24. The molecule has 3 N–H and O–H groups in total. The molecule has 0 spiro atoms. The summed E-state index contributed by atoms with van der Waals surface area (Å²) in [5.74, 6) is -0.843. The summed E-state index contributed by atoms with van der Waals surface area (Å²) in [5, 5.41) is 23.6. The lowest BCUT2D eigenvalue weighted by Crippen LogP contribution is -2.32. The zero-order valence-electron chi connectivity index (χ0n) is 11.4. The van der Waals surface area contributed by atoms with Gasteiger partial charge in [0.05, 0.1) is 17.9 Å². The van der Waals surface area contributed by atoms with Gasteiger partial charge in [-0.3, -0.25) is 0 Å². The van der Waals surface area contributed by atoms with Gasteiger partial charge in [-0.2, -0.15) is 0 Å². The highest BCUT2D eigenvalue weighted by molar-refractivity contribution is 7.13. The van der Waals surface area contributed by atoms with Crippen molar-refractivity contribution in [2.24, 2.45) is 0 Å². The maximum absolute atomic E-state index is 11.5. The molecule has 7 heteroatoms. The highest BCUT2D eigenvalue weighted by Gasteiger charge is 2.22. The van der Waals surface area contributed by atoms with Gasteiger partial charge >= 0.3 is 5.97 Å². The first kappa shape index (κ1) is 15.7. The van der Waals surface area contributed by atoms with E-state index in [0.717, 1.165) is 11.3 Å². The Kier molecular flexibility index (Phi) is 5.16. The van der Waals surface area contributed by atoms with Crippen LogP contribution in [-0.2, 0) is 9.47 Å². The summed E-state index contributed by atoms with van der Waals surface area (Å²) < 4.78 is 10.0. The second kappa shape index (κ2) is 6.23. The van der Waals surface area contributed by atoms with E-state index in [1.807, 2.05) is 0 Å². The number of ether oxygens (including phenoxy) is 2. The molecule has 0 bridgehead atoms. The van der Waals surface area contributed by atoms with E-state index in [1.165, 1.54) is 5.38 Å². The molecule has 0 fully saturated rings. The Morgan fingerprint density at radius 3 is 2.68 bits per heavy atom. The van der Waals surface area contributed by atoms with Crippen LogP contribution in [0, 0.1) is 0 Å². The summed E-state index contributed by atoms with van der Waals surface area (Å²) in [7, 11) is 0. The summed E-state index contributed by atoms with van der Waals surface area (Å²) in [6, 6.07) is 0. The fraction of sp³-hybridized carbons (Fsp3) is 0.583. The molecule has 0 aromatic carbocycles. The van der Waals surface area contributed by atoms with Crippen LogP contribution in [0.4, 0.5) is 5.69 Å². The van der Waals surface area contributed by atoms with Crippen molar-refractivity contribution >= 4 is 23.0 Å². The molecule has 0 saturated carbocycles. The zero-order valence-corrected chi connectivity index (χ0v) is 12.2. The average molecular weight is 289 g/mol. The predicted octanol–water partition coefficient (Wildman–Crippen LogP) is 2.13. The summed E-state index contributed by atoms with van der Waals surface area (Å²) in [4.78, 5) is 11.6. The monoisotopic (exact) mass is 289 g/mol. The molecule has 1 aromatic rings. The first-order valence-electron chi connectivity index (χ1n) is 5.84. The minimum atomic E-state index is -1.28. The van der Waals surface area contributed by atoms with Gasteiger partial charge in [-0.05, 0) is 27.7 Å². The normalized spacial score (nSPS) is 13.1. The number of hydrogen-bond acceptors (Lipinski definition) is 7. The number of hydrogen-bond donors (Lipinski definition) is 3. The van der Waals surface area contributed by atoms with Gasteiger partial charge in [0.15, 0.2) is 10.6 Å². The van der Waals surface area contributed by atoms with E-state index in [2.05, 4.69) is 5.32 Å². The molecule has 1 aromatic heterocycles. The quantitative estimate of drug-likeness (QED) is 0.568. The largest absolute Gasteiger partial charge is 0.504 e. The van der Waals surface area contributed by atoms with Crippen LogP contribution in [0.5, 0.6) is 5.75 Å². The molecule has 1 atom stereocenters. The minimum Gasteiger partial charge on any atom is -0.504 e. The SMILES string of the molecule is CCOC(=O)c1scc(NC(O)OC(C)(C)C)c1O. The molecule has 0 aliphatic carbocycles. The molecule has 0 aliphatic heterocycles. The number of rotatable bonds is 5. The Morgan fingerprint density at radius 1 is 1.53 bits per heavy atom. The van der Waals surface area contributed by atoms with Crippen LogP contribution in [0.25, 0.3) is 0 Å². The van der Waals surface area contributed by atoms with Crippen LogP contribution >= 0.6 is 11.3 Å². The van der Waals surface area contributed by atoms with Crippen molar-refractivity contribution < 1.29 is 24.5 Å². The number of aliphatic hydroxyl groups is 1. The maximum Gasteiger partial charge on any atom is 0.352 e. The number of carbonyl (C=O) groups is 1. The van der Waals surface area contributed by atoms with Crippen LogP contribution in [0.15, 0.2) is 5.38 Å². The molecule has 19 heavy (non-hydrogen) atoms. The Labute approximate surface area is 116 Å². The molecule has 0 aliphatic rings. The van der Waals surface area contributed by atoms with E-state index in [-0.39, 0.29) is 22.9 Å². The maximum atomic E-state index is 11.5. The number of aliphatic hydroxyl groups excluding tert-OH is 1. The molecule has 108 valence electrons. The van der Waals surface area contributed by atoms with Gasteiger partial charge in [-0.15, -0.1) is 11.3 Å². The van der Waals surface area contributed by atoms with E-state index >= 15 is 0 Å². The molecule has 0 amide bonds. The van der Waals surface area contributed by atoms with Crippen molar-refractivity contribution in [1.29, 1.82) is 0 Å². The van der Waals surface area contributed by atoms with Crippen molar-refractivity contribution in [3.63, 3.8) is 0 Å². The van der Waals surface area contributed by atoms with E-state index in [4.69, 9.17) is 9.47 Å². The van der Waals surface area contributed by atoms with Gasteiger partial charge in [0.2, 0.25) is 6.41 Å². The van der Waals surface area contributed by atoms with Gasteiger partial charge in [0.25, 0.3) is 0 Å². The van der Waals surface area contributed by atoms with E-state index in [0.29, 0.717) is 0 Å². The Balaban J connectivity index is 2.73. The summed E-state index contributed by atoms with van der Waals surface area (Å²) in [5.41, 5.74) is -0.313. The third-order valence-electron chi connectivity index (χ3n) is 1.97. The lowest BCUT2D eigenvalue weighted by molar-refractivity contribution is -0.148. The third-order valence-corrected chi connectivity index (χ3v) is 2.92. The molecule has 1 heterocycles. The van der Waals surface area contributed by atoms with Crippen LogP contribution in [-0.4, -0.2) is 34.8 Å². The second-order valence-corrected chi connectivity index (χ2v) is 5.65. The number of anilines is 1. The molecule has 6 nitrogen and oxygen atoms in total. The van der Waals surface area contributed by atoms with Crippen LogP contribution in [0.2, 0.25) is 0 Å². The van der Waals surface area contributed by atoms with Crippen molar-refractivity contribution in [1.82, 2.24) is 0 Å². The first-order chi connectivity index (χ1) is 8.74. The summed E-state index contributed by atoms with van der Waals surface area (Å²) in [6.07, 6.45) is -1.28. The van der Waals surface area contributed by atoms with Gasteiger partial charge in [-0.1, -0.05) is 0 Å². The van der Waals surface area contributed by atoms with Crippen molar-refractivity contribution in [3.05, 3.63) is 10.3 Å². The van der Waals surface area contributed by atoms with Gasteiger partial charge < -0.3 is 25.0 Å². The van der Waals surface area contributed by atoms with Crippen LogP contribution < -0.4 is 5.32 Å². The van der Waals surface area contributed by atoms with Gasteiger partial charge in [0.1, 0.15) is 0 Å². The number of carbonyl (C=O) groups excluding carboxylic acids is 1. The highest BCUT2D eigenvalue weighted by Crippen LogP contribution is 2.35. The van der Waals surface area contributed by atoms with Crippen molar-refractivity contribution in [2.75, 3.05) is 11.9 Å². The summed E-state index contributed by atoms with van der Waals surface area (Å²) in [6.45, 7) is 7.28. The summed E-state index contributed by atoms with van der Waals surface area (Å²) >= 11 is 1.03. The topological polar surface area (TPSA) is 88.0 Å². The first-order valence-corrected chi connectivity index (χ1v) is 6.72. The smallest absolute Gasteiger partial charge is 0.352 e. The van der Waals surface area contributed by atoms with Crippen LogP contribution in [0.1, 0.15) is 37.4 Å². The Bertz CT molecular complexity index is 438. The van der Waals surface area contributed by atoms with E-state index < -0.39 is 18.0 Å². The molecule has 1 unspecified atom stereocenters. The Hall–Kier alpha value is -1.31. The van der Waals surface area contributed by atoms with E-state index in [1.54, 1.807) is 27.7 Å². The Morgan fingerprint density at radius 2 is 2.16 bits per heavy atom. The molecule has 0 saturated heterocycles. The van der Waals surface area contributed by atoms with E-state index in [9.17, 15) is 15.0 Å². The van der Waals surface area contributed by atoms with Crippen LogP contribution in [0.3, 0.4) is 0 Å².